The Morgan fingerprint density at radius 2 is 0.530 bits per heavy atom. The molecule has 12 nitrogen and oxygen atoms in total. The molecule has 9 N–H and O–H groups in total. The predicted octanol–water partition coefficient (Wildman–Crippen LogP) is 30.4. The Morgan fingerprint density at radius 3 is 0.858 bits per heavy atom. The van der Waals surface area contributed by atoms with Crippen LogP contribution >= 0.6 is 0 Å². The Balaban J connectivity index is 0.000000496. The van der Waals surface area contributed by atoms with Crippen LogP contribution in [0.25, 0.3) is 0 Å². The summed E-state index contributed by atoms with van der Waals surface area (Å²) < 4.78 is 123. The van der Waals surface area contributed by atoms with E-state index in [1.807, 2.05) is 62.3 Å². The van der Waals surface area contributed by atoms with Crippen LogP contribution in [0.5, 0.6) is 0 Å². The number of ether oxygens (including phenoxy) is 2. The van der Waals surface area contributed by atoms with Crippen LogP contribution < -0.4 is 0 Å². The van der Waals surface area contributed by atoms with Crippen molar-refractivity contribution in [3.8, 4) is 0 Å². The van der Waals surface area contributed by atoms with E-state index in [1.165, 1.54) is 116 Å². The molecular weight excluding hydrogens is 1720 g/mol. The molecule has 11 saturated carbocycles. The number of carbonyl (C=O) groups is 1. The molecule has 0 amide bonds. The van der Waals surface area contributed by atoms with Gasteiger partial charge in [-0.2, -0.15) is 39.5 Å². The maximum Gasteiger partial charge on any atom is 0.417 e. The smallest absolute Gasteiger partial charge is 0.393 e. The second-order valence-electron chi connectivity index (χ2n) is 50.1. The third-order valence-electron chi connectivity index (χ3n) is 34.8. The molecule has 0 bridgehead atoms. The largest absolute Gasteiger partial charge is 0.417 e. The summed E-state index contributed by atoms with van der Waals surface area (Å²) in [4.78, 5) is 10.8. The van der Waals surface area contributed by atoms with Gasteiger partial charge >= 0.3 is 18.5 Å². The third-order valence-corrected chi connectivity index (χ3v) is 34.8. The summed E-state index contributed by atoms with van der Waals surface area (Å²) in [5.41, 5.74) is -7.97. The van der Waals surface area contributed by atoms with Gasteiger partial charge in [-0.25, -0.2) is 0 Å². The quantitative estimate of drug-likeness (QED) is 0.0834. The molecule has 0 aromatic rings. The number of rotatable bonds is 12. The molecule has 13 fully saturated rings. The van der Waals surface area contributed by atoms with E-state index >= 15 is 0 Å². The van der Waals surface area contributed by atoms with Crippen LogP contribution in [0.1, 0.15) is 476 Å². The first-order valence-corrected chi connectivity index (χ1v) is 55.0. The van der Waals surface area contributed by atoms with Crippen molar-refractivity contribution in [2.24, 2.45) is 142 Å². The average molecular weight is 1930 g/mol. The molecule has 2 saturated heterocycles. The van der Waals surface area contributed by atoms with E-state index in [0.717, 1.165) is 235 Å². The first kappa shape index (κ1) is 129. The second-order valence-corrected chi connectivity index (χ2v) is 50.1. The molecule has 21 heteroatoms. The van der Waals surface area contributed by atoms with E-state index in [4.69, 9.17) is 14.6 Å². The third kappa shape index (κ3) is 49.0. The Morgan fingerprint density at radius 1 is 0.254 bits per heavy atom. The normalized spacial score (nSPS) is 35.5. The number of hydrogen-bond donors (Lipinski definition) is 9. The Hall–Kier alpha value is -1.40. The lowest BCUT2D eigenvalue weighted by Gasteiger charge is -2.47. The van der Waals surface area contributed by atoms with Crippen LogP contribution in [-0.4, -0.2) is 148 Å². The van der Waals surface area contributed by atoms with E-state index < -0.39 is 35.3 Å². The van der Waals surface area contributed by atoms with E-state index in [2.05, 4.69) is 125 Å². The van der Waals surface area contributed by atoms with Crippen molar-refractivity contribution in [3.63, 3.8) is 0 Å². The number of aliphatic hydroxyl groups is 9. The van der Waals surface area contributed by atoms with Crippen molar-refractivity contribution >= 4 is 5.78 Å². The number of halogens is 9. The van der Waals surface area contributed by atoms with Gasteiger partial charge in [0.05, 0.1) is 47.3 Å². The van der Waals surface area contributed by atoms with Gasteiger partial charge in [-0.05, 0) is 420 Å². The first-order valence-electron chi connectivity index (χ1n) is 55.0. The van der Waals surface area contributed by atoms with Gasteiger partial charge in [0.25, 0.3) is 0 Å². The van der Waals surface area contributed by atoms with E-state index in [0.29, 0.717) is 48.9 Å². The lowest BCUT2D eigenvalue weighted by molar-refractivity contribution is -0.275. The van der Waals surface area contributed by atoms with Crippen molar-refractivity contribution in [3.05, 3.63) is 0 Å². The molecule has 11 aliphatic carbocycles. The monoisotopic (exact) mass is 1930 g/mol. The molecule has 2 heterocycles. The highest BCUT2D eigenvalue weighted by Crippen LogP contribution is 2.51. The standard InChI is InChI=1S/C11H20O.2C10H17F3O.2C10H20O.C9H15F3O.2C9H18O.C9H16O.2C9H18O.C8H16O/c1-9(2)10-3-5-11(6-4-10)7-8-12-11;1-7(2)8-3-5-9(14,6-4-8)10(11,12)13;1-7(2)8-4-3-5-9(14,6-8)10(11,12)13;1-8(2)9-4-6-10(3,11)7-5-9;1-8(2)9-5-4-6-10(3,11)7-9;1-6(2)7-3-4-8(13,5-7)9(10,11)12;1-7(2)8-4-5-9(3,10)6-8;2*1-7(2)8-3-5-9(10)6-4-8;1-8(2)9-4-3-6-10-7-5-9;1-7(2)8-4-3-5-9(10)6-8;1-6(2)7-3-4-8(9)5-7/h9-10H,3-8H2,1-2H3;2*7-8,14H,3-6H2,1-2H3;2*8-9,11H,4-7H2,1-3H3;6-7,13H,3-5H2,1-2H3;7-8,10H,4-6H2,1-3H3;7-10H,3-6H2,1-2H3;7-8H,3-6H2,1-2H3;8-9H,3-7H2,1-2H3;7-10H,3-6H2,1-2H3;6-9H,3-5H2,1-2H3. The zero-order valence-corrected chi connectivity index (χ0v) is 90.7. The van der Waals surface area contributed by atoms with Gasteiger partial charge in [-0.3, -0.25) is 4.79 Å². The number of aliphatic hydroxyl groups excluding tert-OH is 3. The van der Waals surface area contributed by atoms with E-state index in [1.54, 1.807) is 0 Å². The number of carbonyl (C=O) groups excluding carboxylic acids is 1. The second kappa shape index (κ2) is 60.5. The maximum atomic E-state index is 12.5. The lowest BCUT2D eigenvalue weighted by atomic mass is 9.72. The fourth-order valence-electron chi connectivity index (χ4n) is 22.9. The number of hydrogen-bond acceptors (Lipinski definition) is 12. The molecule has 134 heavy (non-hydrogen) atoms. The van der Waals surface area contributed by atoms with Gasteiger partial charge in [-0.1, -0.05) is 185 Å². The van der Waals surface area contributed by atoms with Crippen LogP contribution in [0, 0.1) is 142 Å². The summed E-state index contributed by atoms with van der Waals surface area (Å²) in [7, 11) is 0. The minimum absolute atomic E-state index is 0.00106. The highest BCUT2D eigenvalue weighted by molar-refractivity contribution is 5.79. The fourth-order valence-corrected chi connectivity index (χ4v) is 22.9. The van der Waals surface area contributed by atoms with Crippen LogP contribution in [0.15, 0.2) is 0 Å². The van der Waals surface area contributed by atoms with Crippen LogP contribution in [0.2, 0.25) is 0 Å². The summed E-state index contributed by atoms with van der Waals surface area (Å²) in [5, 5.41) is 85.0. The predicted molar refractivity (Wildman–Crippen MR) is 535 cm³/mol. The summed E-state index contributed by atoms with van der Waals surface area (Å²) in [6.07, 6.45) is 27.8. The molecule has 13 aliphatic rings. The molecule has 13 unspecified atom stereocenters. The minimum atomic E-state index is -4.47. The van der Waals surface area contributed by atoms with Crippen LogP contribution in [0.4, 0.5) is 39.5 Å². The summed E-state index contributed by atoms with van der Waals surface area (Å²) >= 11 is 0. The van der Waals surface area contributed by atoms with Gasteiger partial charge in [0.2, 0.25) is 0 Å². The number of ketones is 1. The summed E-state index contributed by atoms with van der Waals surface area (Å²) in [5.74, 6) is 16.3. The SMILES string of the molecule is CC(C)C1CCC(=O)CC1.CC(C)C1CCC(C)(O)C1.CC(C)C1CCC(C)(O)CC1.CC(C)C1CCC(O)(C(F)(F)F)C1.CC(C)C1CCC(O)(C(F)(F)F)CC1.CC(C)C1CCC(O)C1.CC(C)C1CCC(O)CC1.CC(C)C1CCC2(CCO2)CC1.CC(C)C1CCCC(C)(O)C1.CC(C)C1CCCC(O)(C(F)(F)F)C1.CC(C)C1CCCC(O)C1.CC(C)C1CCCOCC1. The zero-order chi connectivity index (χ0) is 103. The van der Waals surface area contributed by atoms with Crippen molar-refractivity contribution in [1.82, 2.24) is 0 Å². The van der Waals surface area contributed by atoms with Gasteiger partial charge in [0, 0.05) is 26.1 Å². The Bertz CT molecular complexity index is 2960. The topological polar surface area (TPSA) is 218 Å². The van der Waals surface area contributed by atoms with Crippen molar-refractivity contribution in [1.29, 1.82) is 0 Å². The number of alkyl halides is 9. The Kier molecular flexibility index (Phi) is 58.1. The van der Waals surface area contributed by atoms with Gasteiger partial charge in [-0.15, -0.1) is 0 Å². The summed E-state index contributed by atoms with van der Waals surface area (Å²) in [6, 6.07) is 0. The van der Waals surface area contributed by atoms with Crippen LogP contribution in [0.3, 0.4) is 0 Å². The maximum absolute atomic E-state index is 12.5. The van der Waals surface area contributed by atoms with E-state index in [-0.39, 0.29) is 97.3 Å². The molecule has 1 spiro atoms. The molecule has 800 valence electrons. The average Bonchev–Trinajstić information content (AvgIpc) is 1.49. The molecule has 0 radical (unpaired) electrons. The van der Waals surface area contributed by atoms with Crippen molar-refractivity contribution < 1.29 is 99.7 Å². The Labute approximate surface area is 815 Å². The minimum Gasteiger partial charge on any atom is -0.393 e. The highest BCUT2D eigenvalue weighted by atomic mass is 19.4. The number of Topliss-reactive ketones (excluding diaryl/α,β-unsaturated/α-hetero) is 1. The molecule has 0 aromatic heterocycles. The van der Waals surface area contributed by atoms with Gasteiger partial charge < -0.3 is 55.4 Å². The van der Waals surface area contributed by atoms with Gasteiger partial charge in [0.1, 0.15) is 5.78 Å². The molecule has 13 atom stereocenters. The van der Waals surface area contributed by atoms with Gasteiger partial charge in [0.15, 0.2) is 16.8 Å². The van der Waals surface area contributed by atoms with E-state index in [9.17, 15) is 85.2 Å². The highest BCUT2D eigenvalue weighted by Gasteiger charge is 2.59. The summed E-state index contributed by atoms with van der Waals surface area (Å²) in [6.45, 7) is 61.5. The molecule has 13 rings (SSSR count). The zero-order valence-electron chi connectivity index (χ0n) is 90.7. The van der Waals surface area contributed by atoms with Crippen molar-refractivity contribution in [2.45, 2.75) is 552 Å². The van der Waals surface area contributed by atoms with Crippen molar-refractivity contribution in [2.75, 3.05) is 19.8 Å². The fraction of sp³-hybridized carbons (Fsp3) is 0.991. The molecule has 2 aliphatic heterocycles. The first-order chi connectivity index (χ1) is 61.6. The van der Waals surface area contributed by atoms with Crippen LogP contribution in [-0.2, 0) is 14.3 Å². The molecule has 0 aromatic carbocycles. The lowest BCUT2D eigenvalue weighted by Crippen LogP contribution is -2.49. The molecular formula is C113H213F9O12.